The van der Waals surface area contributed by atoms with Crippen LogP contribution in [0.15, 0.2) is 48.5 Å². The van der Waals surface area contributed by atoms with Gasteiger partial charge < -0.3 is 10.8 Å². The highest BCUT2D eigenvalue weighted by atomic mass is 35.5. The summed E-state index contributed by atoms with van der Waals surface area (Å²) in [6.07, 6.45) is -0.779. The number of aliphatic hydroxyl groups excluding tert-OH is 1. The van der Waals surface area contributed by atoms with Gasteiger partial charge in [-0.2, -0.15) is 0 Å². The normalized spacial score (nSPS) is 14.1. The summed E-state index contributed by atoms with van der Waals surface area (Å²) < 4.78 is 0. The molecule has 2 aromatic rings. The molecule has 0 amide bonds. The van der Waals surface area contributed by atoms with E-state index in [1.54, 1.807) is 18.2 Å². The van der Waals surface area contributed by atoms with Gasteiger partial charge in [0.05, 0.1) is 16.1 Å². The fourth-order valence-electron chi connectivity index (χ4n) is 2.11. The van der Waals surface area contributed by atoms with Crippen LogP contribution in [-0.2, 0) is 0 Å². The predicted octanol–water partition coefficient (Wildman–Crippen LogP) is 3.77. The average Bonchev–Trinajstić information content (AvgIpc) is 2.44. The second-order valence-electron chi connectivity index (χ2n) is 4.34. The fraction of sp³-hybridized carbons (Fsp3) is 0.200. The van der Waals surface area contributed by atoms with E-state index < -0.39 is 6.10 Å². The van der Waals surface area contributed by atoms with Crippen molar-refractivity contribution < 1.29 is 5.11 Å². The zero-order valence-electron chi connectivity index (χ0n) is 10.3. The molecule has 2 unspecified atom stereocenters. The zero-order valence-corrected chi connectivity index (χ0v) is 11.8. The number of aliphatic hydroxyl groups is 1. The lowest BCUT2D eigenvalue weighted by atomic mass is 9.89. The van der Waals surface area contributed by atoms with Gasteiger partial charge in [-0.1, -0.05) is 65.7 Å². The van der Waals surface area contributed by atoms with E-state index in [1.807, 2.05) is 30.3 Å². The molecule has 0 saturated heterocycles. The molecule has 2 atom stereocenters. The lowest BCUT2D eigenvalue weighted by Crippen LogP contribution is -2.20. The Morgan fingerprint density at radius 3 is 2.32 bits per heavy atom. The summed E-state index contributed by atoms with van der Waals surface area (Å²) in [5.74, 6) is -0.211. The topological polar surface area (TPSA) is 46.2 Å². The Kier molecular flexibility index (Phi) is 4.83. The third-order valence-corrected chi connectivity index (χ3v) is 4.00. The van der Waals surface area contributed by atoms with Crippen LogP contribution in [0.2, 0.25) is 10.0 Å². The molecule has 0 spiro atoms. The molecule has 0 aliphatic heterocycles. The first-order chi connectivity index (χ1) is 9.15. The first-order valence-corrected chi connectivity index (χ1v) is 6.77. The van der Waals surface area contributed by atoms with Crippen molar-refractivity contribution in [3.05, 3.63) is 69.7 Å². The van der Waals surface area contributed by atoms with Crippen molar-refractivity contribution in [3.8, 4) is 0 Å². The maximum atomic E-state index is 10.5. The lowest BCUT2D eigenvalue weighted by Gasteiger charge is -2.23. The van der Waals surface area contributed by atoms with Crippen LogP contribution in [0.25, 0.3) is 0 Å². The smallest absolute Gasteiger partial charge is 0.0885 e. The average molecular weight is 296 g/mol. The van der Waals surface area contributed by atoms with Crippen molar-refractivity contribution in [1.29, 1.82) is 0 Å². The Bertz CT molecular complexity index is 545. The van der Waals surface area contributed by atoms with Crippen molar-refractivity contribution in [2.45, 2.75) is 12.0 Å². The van der Waals surface area contributed by atoms with Crippen LogP contribution >= 0.6 is 23.2 Å². The van der Waals surface area contributed by atoms with Crippen LogP contribution in [0, 0.1) is 0 Å². The number of benzene rings is 2. The second-order valence-corrected chi connectivity index (χ2v) is 5.13. The molecular formula is C15H15Cl2NO. The summed E-state index contributed by atoms with van der Waals surface area (Å²) >= 11 is 12.1. The van der Waals surface area contributed by atoms with Crippen LogP contribution in [-0.4, -0.2) is 11.7 Å². The Morgan fingerprint density at radius 1 is 1.00 bits per heavy atom. The van der Waals surface area contributed by atoms with E-state index >= 15 is 0 Å². The molecule has 0 bridgehead atoms. The molecule has 0 saturated carbocycles. The van der Waals surface area contributed by atoms with Crippen LogP contribution < -0.4 is 5.73 Å². The van der Waals surface area contributed by atoms with E-state index in [0.717, 1.165) is 5.56 Å². The summed E-state index contributed by atoms with van der Waals surface area (Å²) in [4.78, 5) is 0. The maximum Gasteiger partial charge on any atom is 0.0885 e. The Morgan fingerprint density at radius 2 is 1.68 bits per heavy atom. The first kappa shape index (κ1) is 14.4. The van der Waals surface area contributed by atoms with Gasteiger partial charge in [-0.3, -0.25) is 0 Å². The predicted molar refractivity (Wildman–Crippen MR) is 79.7 cm³/mol. The minimum atomic E-state index is -0.779. The molecule has 19 heavy (non-hydrogen) atoms. The quantitative estimate of drug-likeness (QED) is 0.902. The zero-order chi connectivity index (χ0) is 13.8. The van der Waals surface area contributed by atoms with Gasteiger partial charge in [0.15, 0.2) is 0 Å². The van der Waals surface area contributed by atoms with E-state index in [4.69, 9.17) is 28.9 Å². The second kappa shape index (κ2) is 6.40. The van der Waals surface area contributed by atoms with Crippen LogP contribution in [0.3, 0.4) is 0 Å². The number of hydrogen-bond donors (Lipinski definition) is 2. The van der Waals surface area contributed by atoms with Crippen LogP contribution in [0.5, 0.6) is 0 Å². The van der Waals surface area contributed by atoms with E-state index in [-0.39, 0.29) is 5.92 Å². The summed E-state index contributed by atoms with van der Waals surface area (Å²) in [7, 11) is 0. The van der Waals surface area contributed by atoms with E-state index in [2.05, 4.69) is 0 Å². The molecule has 0 fully saturated rings. The van der Waals surface area contributed by atoms with Crippen molar-refractivity contribution in [1.82, 2.24) is 0 Å². The van der Waals surface area contributed by atoms with Crippen molar-refractivity contribution in [2.75, 3.05) is 6.54 Å². The van der Waals surface area contributed by atoms with Gasteiger partial charge in [0.25, 0.3) is 0 Å². The Balaban J connectivity index is 2.36. The van der Waals surface area contributed by atoms with Gasteiger partial charge in [-0.05, 0) is 11.6 Å². The van der Waals surface area contributed by atoms with Crippen molar-refractivity contribution in [3.63, 3.8) is 0 Å². The largest absolute Gasteiger partial charge is 0.388 e. The molecule has 2 nitrogen and oxygen atoms in total. The van der Waals surface area contributed by atoms with Crippen LogP contribution in [0.1, 0.15) is 23.1 Å². The summed E-state index contributed by atoms with van der Waals surface area (Å²) in [5, 5.41) is 11.3. The molecule has 3 N–H and O–H groups in total. The lowest BCUT2D eigenvalue weighted by molar-refractivity contribution is 0.147. The van der Waals surface area contributed by atoms with Gasteiger partial charge >= 0.3 is 0 Å². The van der Waals surface area contributed by atoms with Gasteiger partial charge in [-0.15, -0.1) is 0 Å². The van der Waals surface area contributed by atoms with Crippen molar-refractivity contribution in [2.24, 2.45) is 5.73 Å². The molecule has 0 aromatic heterocycles. The third kappa shape index (κ3) is 3.10. The summed E-state index contributed by atoms with van der Waals surface area (Å²) in [6, 6.07) is 14.9. The van der Waals surface area contributed by atoms with E-state index in [0.29, 0.717) is 22.2 Å². The highest BCUT2D eigenvalue weighted by Crippen LogP contribution is 2.36. The highest BCUT2D eigenvalue weighted by molar-refractivity contribution is 6.42. The van der Waals surface area contributed by atoms with Gasteiger partial charge in [0, 0.05) is 18.0 Å². The fourth-order valence-corrected chi connectivity index (χ4v) is 2.53. The highest BCUT2D eigenvalue weighted by Gasteiger charge is 2.23. The molecule has 0 radical (unpaired) electrons. The van der Waals surface area contributed by atoms with E-state index in [1.165, 1.54) is 0 Å². The van der Waals surface area contributed by atoms with Gasteiger partial charge in [-0.25, -0.2) is 0 Å². The van der Waals surface area contributed by atoms with Gasteiger partial charge in [0.2, 0.25) is 0 Å². The summed E-state index contributed by atoms with van der Waals surface area (Å²) in [6.45, 7) is 0.327. The minimum Gasteiger partial charge on any atom is -0.388 e. The minimum absolute atomic E-state index is 0.211. The summed E-state index contributed by atoms with van der Waals surface area (Å²) in [5.41, 5.74) is 7.38. The molecule has 0 aliphatic carbocycles. The van der Waals surface area contributed by atoms with Gasteiger partial charge in [0.1, 0.15) is 0 Å². The SMILES string of the molecule is NCC(c1ccccc1)C(O)c1cccc(Cl)c1Cl. The van der Waals surface area contributed by atoms with Crippen LogP contribution in [0.4, 0.5) is 0 Å². The standard InChI is InChI=1S/C15H15Cl2NO/c16-13-8-4-7-11(14(13)17)15(19)12(9-18)10-5-2-1-3-6-10/h1-8,12,15,19H,9,18H2. The number of halogens is 2. The Hall–Kier alpha value is -1.06. The molecule has 0 heterocycles. The maximum absolute atomic E-state index is 10.5. The molecular weight excluding hydrogens is 281 g/mol. The first-order valence-electron chi connectivity index (χ1n) is 6.02. The molecule has 100 valence electrons. The number of rotatable bonds is 4. The third-order valence-electron chi connectivity index (χ3n) is 3.16. The molecule has 2 aromatic carbocycles. The number of hydrogen-bond acceptors (Lipinski definition) is 2. The molecule has 0 aliphatic rings. The van der Waals surface area contributed by atoms with Crippen molar-refractivity contribution >= 4 is 23.2 Å². The Labute approximate surface area is 122 Å². The number of nitrogens with two attached hydrogens (primary N) is 1. The molecule has 4 heteroatoms. The molecule has 2 rings (SSSR count). The van der Waals surface area contributed by atoms with E-state index in [9.17, 15) is 5.11 Å². The monoisotopic (exact) mass is 295 g/mol.